The maximum Gasteiger partial charge on any atom is 0.244 e. The highest BCUT2D eigenvalue weighted by Gasteiger charge is 2.29. The van der Waals surface area contributed by atoms with Crippen LogP contribution in [0.15, 0.2) is 17.2 Å². The summed E-state index contributed by atoms with van der Waals surface area (Å²) in [4.78, 5) is 0.364. The lowest BCUT2D eigenvalue weighted by Gasteiger charge is -2.15. The fourth-order valence-corrected chi connectivity index (χ4v) is 3.81. The summed E-state index contributed by atoms with van der Waals surface area (Å²) in [5, 5.41) is 0. The summed E-state index contributed by atoms with van der Waals surface area (Å²) in [5.74, 6) is 0.794. The van der Waals surface area contributed by atoms with Crippen molar-refractivity contribution in [3.05, 3.63) is 18.0 Å². The second-order valence-electron chi connectivity index (χ2n) is 4.83. The third-order valence-corrected chi connectivity index (χ3v) is 5.79. The highest BCUT2D eigenvalue weighted by molar-refractivity contribution is 7.98. The van der Waals surface area contributed by atoms with Gasteiger partial charge in [-0.15, -0.1) is 0 Å². The Hall–Kier alpha value is -0.500. The molecule has 1 aliphatic rings. The summed E-state index contributed by atoms with van der Waals surface area (Å²) in [6.07, 6.45) is 5.94. The molecule has 0 unspecified atom stereocenters. The maximum absolute atomic E-state index is 12.4. The molecule has 0 bridgehead atoms. The quantitative estimate of drug-likeness (QED) is 0.823. The highest BCUT2D eigenvalue weighted by Crippen LogP contribution is 2.37. The van der Waals surface area contributed by atoms with E-state index in [0.717, 1.165) is 24.3 Å². The van der Waals surface area contributed by atoms with E-state index < -0.39 is 10.0 Å². The minimum absolute atomic E-state index is 0.364. The fourth-order valence-electron chi connectivity index (χ4n) is 2.01. The van der Waals surface area contributed by atoms with Crippen LogP contribution in [0.5, 0.6) is 0 Å². The van der Waals surface area contributed by atoms with E-state index in [1.807, 2.05) is 10.8 Å². The van der Waals surface area contributed by atoms with E-state index >= 15 is 0 Å². The molecule has 5 nitrogen and oxygen atoms in total. The zero-order valence-electron chi connectivity index (χ0n) is 11.4. The number of sulfonamides is 1. The van der Waals surface area contributed by atoms with Gasteiger partial charge < -0.3 is 10.3 Å². The molecule has 1 heterocycles. The number of aromatic nitrogens is 1. The first-order valence-electron chi connectivity index (χ1n) is 6.36. The van der Waals surface area contributed by atoms with E-state index in [2.05, 4.69) is 0 Å². The molecule has 2 N–H and O–H groups in total. The van der Waals surface area contributed by atoms with Gasteiger partial charge in [0.15, 0.2) is 0 Å². The van der Waals surface area contributed by atoms with Crippen molar-refractivity contribution < 1.29 is 8.42 Å². The molecular weight excluding hydrogens is 282 g/mol. The topological polar surface area (TPSA) is 68.3 Å². The molecular formula is C12H21N3O2S2. The molecule has 7 heteroatoms. The zero-order valence-corrected chi connectivity index (χ0v) is 13.0. The van der Waals surface area contributed by atoms with E-state index in [1.54, 1.807) is 31.1 Å². The van der Waals surface area contributed by atoms with Crippen molar-refractivity contribution >= 4 is 21.8 Å². The van der Waals surface area contributed by atoms with Gasteiger partial charge in [-0.2, -0.15) is 11.8 Å². The van der Waals surface area contributed by atoms with Crippen LogP contribution in [0.25, 0.3) is 0 Å². The molecule has 1 saturated carbocycles. The molecule has 0 spiro atoms. The molecule has 1 aromatic heterocycles. The van der Waals surface area contributed by atoms with Gasteiger partial charge >= 0.3 is 0 Å². The summed E-state index contributed by atoms with van der Waals surface area (Å²) in [5.41, 5.74) is 6.60. The molecule has 1 fully saturated rings. The molecule has 0 amide bonds. The van der Waals surface area contributed by atoms with Crippen LogP contribution in [0.3, 0.4) is 0 Å². The Kier molecular flexibility index (Phi) is 4.60. The molecule has 0 radical (unpaired) electrons. The first kappa shape index (κ1) is 14.9. The van der Waals surface area contributed by atoms with E-state index in [9.17, 15) is 8.42 Å². The third kappa shape index (κ3) is 3.16. The lowest BCUT2D eigenvalue weighted by Crippen LogP contribution is -2.28. The minimum atomic E-state index is -3.39. The number of hydrogen-bond donors (Lipinski definition) is 1. The second kappa shape index (κ2) is 5.87. The fraction of sp³-hybridized carbons (Fsp3) is 0.667. The number of nitrogens with two attached hydrogens (primary N) is 1. The van der Waals surface area contributed by atoms with Gasteiger partial charge in [0.05, 0.1) is 0 Å². The predicted octanol–water partition coefficient (Wildman–Crippen LogP) is 1.27. The van der Waals surface area contributed by atoms with Crippen LogP contribution in [0.4, 0.5) is 0 Å². The minimum Gasteiger partial charge on any atom is -0.346 e. The van der Waals surface area contributed by atoms with Crippen molar-refractivity contribution in [1.29, 1.82) is 0 Å². The largest absolute Gasteiger partial charge is 0.346 e. The first-order valence-corrected chi connectivity index (χ1v) is 9.20. The molecule has 108 valence electrons. The Morgan fingerprint density at radius 2 is 2.21 bits per heavy atom. The Morgan fingerprint density at radius 3 is 2.74 bits per heavy atom. The van der Waals surface area contributed by atoms with Gasteiger partial charge in [0.1, 0.15) is 4.90 Å². The van der Waals surface area contributed by atoms with Crippen LogP contribution in [0, 0.1) is 0 Å². The van der Waals surface area contributed by atoms with Crippen LogP contribution >= 0.6 is 11.8 Å². The van der Waals surface area contributed by atoms with Crippen LogP contribution in [-0.2, 0) is 16.6 Å². The summed E-state index contributed by atoms with van der Waals surface area (Å²) < 4.78 is 28.3. The number of hydrogen-bond acceptors (Lipinski definition) is 4. The van der Waals surface area contributed by atoms with Gasteiger partial charge in [-0.1, -0.05) is 0 Å². The summed E-state index contributed by atoms with van der Waals surface area (Å²) in [7, 11) is -1.76. The van der Waals surface area contributed by atoms with Crippen LogP contribution in [0.2, 0.25) is 0 Å². The van der Waals surface area contributed by atoms with Gasteiger partial charge in [0.25, 0.3) is 0 Å². The van der Waals surface area contributed by atoms with Crippen LogP contribution in [0.1, 0.15) is 24.6 Å². The highest BCUT2D eigenvalue weighted by atomic mass is 32.2. The monoisotopic (exact) mass is 303 g/mol. The van der Waals surface area contributed by atoms with Crippen molar-refractivity contribution in [3.8, 4) is 0 Å². The van der Waals surface area contributed by atoms with Crippen molar-refractivity contribution in [2.75, 3.05) is 25.6 Å². The van der Waals surface area contributed by atoms with Gasteiger partial charge in [0.2, 0.25) is 10.0 Å². The van der Waals surface area contributed by atoms with Gasteiger partial charge in [-0.25, -0.2) is 12.7 Å². The summed E-state index contributed by atoms with van der Waals surface area (Å²) >= 11 is 1.64. The molecule has 0 saturated heterocycles. The standard InChI is InChI=1S/C12H21N3O2S2/c1-14(5-6-18-2)19(16,17)12-7-11(8-13)15(9-12)10-3-4-10/h7,9-10H,3-6,8,13H2,1-2H3. The van der Waals surface area contributed by atoms with E-state index in [0.29, 0.717) is 24.0 Å². The third-order valence-electron chi connectivity index (χ3n) is 3.37. The molecule has 19 heavy (non-hydrogen) atoms. The average molecular weight is 303 g/mol. The molecule has 1 aromatic rings. The van der Waals surface area contributed by atoms with Gasteiger partial charge in [-0.3, -0.25) is 0 Å². The summed E-state index contributed by atoms with van der Waals surface area (Å²) in [6.45, 7) is 0.899. The normalized spacial score (nSPS) is 16.2. The molecule has 0 aromatic carbocycles. The van der Waals surface area contributed by atoms with Crippen molar-refractivity contribution in [1.82, 2.24) is 8.87 Å². The van der Waals surface area contributed by atoms with Gasteiger partial charge in [-0.05, 0) is 25.2 Å². The van der Waals surface area contributed by atoms with Crippen molar-refractivity contribution in [3.63, 3.8) is 0 Å². The summed E-state index contributed by atoms with van der Waals surface area (Å²) in [6, 6.07) is 2.16. The number of thioether (sulfide) groups is 1. The number of rotatable bonds is 7. The maximum atomic E-state index is 12.4. The Balaban J connectivity index is 2.24. The van der Waals surface area contributed by atoms with Crippen molar-refractivity contribution in [2.24, 2.45) is 5.73 Å². The predicted molar refractivity (Wildman–Crippen MR) is 78.8 cm³/mol. The molecule has 0 atom stereocenters. The number of nitrogens with zero attached hydrogens (tertiary/aromatic N) is 2. The van der Waals surface area contributed by atoms with Crippen LogP contribution < -0.4 is 5.73 Å². The molecule has 1 aliphatic carbocycles. The molecule has 0 aliphatic heterocycles. The first-order chi connectivity index (χ1) is 9.00. The molecule has 2 rings (SSSR count). The Bertz CT molecular complexity index is 535. The average Bonchev–Trinajstić information content (AvgIpc) is 3.14. The van der Waals surface area contributed by atoms with E-state index in [-0.39, 0.29) is 0 Å². The lowest BCUT2D eigenvalue weighted by molar-refractivity contribution is 0.488. The van der Waals surface area contributed by atoms with Crippen LogP contribution in [-0.4, -0.2) is 42.9 Å². The second-order valence-corrected chi connectivity index (χ2v) is 7.86. The zero-order chi connectivity index (χ0) is 14.0. The lowest BCUT2D eigenvalue weighted by atomic mass is 10.4. The Labute approximate surface area is 119 Å². The van der Waals surface area contributed by atoms with E-state index in [4.69, 9.17) is 5.73 Å². The Morgan fingerprint density at radius 1 is 1.53 bits per heavy atom. The SMILES string of the molecule is CSCCN(C)S(=O)(=O)c1cc(CN)n(C2CC2)c1. The smallest absolute Gasteiger partial charge is 0.244 e. The van der Waals surface area contributed by atoms with E-state index in [1.165, 1.54) is 4.31 Å². The van der Waals surface area contributed by atoms with Crippen molar-refractivity contribution in [2.45, 2.75) is 30.3 Å². The van der Waals surface area contributed by atoms with Gasteiger partial charge in [0, 0.05) is 43.8 Å².